The molecule has 9 fully saturated rings. The van der Waals surface area contributed by atoms with Crippen LogP contribution in [0.4, 0.5) is 0 Å². The Morgan fingerprint density at radius 1 is 0.478 bits per heavy atom. The maximum absolute atomic E-state index is 4.38. The van der Waals surface area contributed by atoms with Crippen LogP contribution in [0.3, 0.4) is 0 Å². The lowest BCUT2D eigenvalue weighted by molar-refractivity contribution is -0.00836. The van der Waals surface area contributed by atoms with Gasteiger partial charge in [0.25, 0.3) is 0 Å². The summed E-state index contributed by atoms with van der Waals surface area (Å²) in [7, 11) is 0. The van der Waals surface area contributed by atoms with Crippen molar-refractivity contribution in [1.82, 2.24) is 25.8 Å². The molecule has 10 atom stereocenters. The third kappa shape index (κ3) is 6.09. The maximum atomic E-state index is 4.38. The zero-order valence-corrected chi connectivity index (χ0v) is 29.6. The first-order valence-corrected chi connectivity index (χ1v) is 21.6. The molecule has 9 aliphatic rings. The van der Waals surface area contributed by atoms with E-state index in [1.54, 1.807) is 0 Å². The fraction of sp³-hybridized carbons (Fsp3) is 1.00. The molecule has 5 saturated carbocycles. The zero-order chi connectivity index (χ0) is 30.5. The van der Waals surface area contributed by atoms with E-state index in [0.29, 0.717) is 0 Å². The molecule has 0 aromatic heterocycles. The van der Waals surface area contributed by atoms with Crippen molar-refractivity contribution in [2.75, 3.05) is 19.6 Å². The predicted molar refractivity (Wildman–Crippen MR) is 190 cm³/mol. The van der Waals surface area contributed by atoms with Gasteiger partial charge in [-0.25, -0.2) is 0 Å². The molecule has 46 heavy (non-hydrogen) atoms. The van der Waals surface area contributed by atoms with Crippen LogP contribution in [-0.4, -0.2) is 83.8 Å². The van der Waals surface area contributed by atoms with Gasteiger partial charge in [-0.05, 0) is 165 Å². The van der Waals surface area contributed by atoms with Gasteiger partial charge < -0.3 is 16.0 Å². The van der Waals surface area contributed by atoms with Gasteiger partial charge in [0.1, 0.15) is 0 Å². The minimum absolute atomic E-state index is 0.766. The Morgan fingerprint density at radius 3 is 1.91 bits per heavy atom. The number of hydrogen-bond acceptors (Lipinski definition) is 5. The number of likely N-dealkylation sites (tertiary alicyclic amines) is 1. The normalized spacial score (nSPS) is 47.9. The van der Waals surface area contributed by atoms with Gasteiger partial charge in [0.05, 0.1) is 0 Å². The molecule has 0 bridgehead atoms. The van der Waals surface area contributed by atoms with Gasteiger partial charge >= 0.3 is 0 Å². The van der Waals surface area contributed by atoms with Crippen LogP contribution in [0.25, 0.3) is 0 Å². The van der Waals surface area contributed by atoms with Crippen LogP contribution >= 0.6 is 0 Å². The summed E-state index contributed by atoms with van der Waals surface area (Å²) in [5, 5.41) is 12.3. The zero-order valence-electron chi connectivity index (χ0n) is 29.6. The molecule has 0 aromatic rings. The van der Waals surface area contributed by atoms with Crippen molar-refractivity contribution in [3.8, 4) is 0 Å². The highest BCUT2D eigenvalue weighted by atomic mass is 15.3. The van der Waals surface area contributed by atoms with Gasteiger partial charge in [-0.15, -0.1) is 0 Å². The Labute approximate surface area is 282 Å². The third-order valence-corrected chi connectivity index (χ3v) is 16.5. The molecule has 5 aliphatic carbocycles. The molecule has 5 nitrogen and oxygen atoms in total. The van der Waals surface area contributed by atoms with E-state index in [2.05, 4.69) is 25.8 Å². The van der Waals surface area contributed by atoms with Crippen molar-refractivity contribution in [2.24, 2.45) is 29.6 Å². The maximum Gasteiger partial charge on any atom is 0.0254 e. The lowest BCUT2D eigenvalue weighted by Crippen LogP contribution is -2.64. The van der Waals surface area contributed by atoms with E-state index >= 15 is 0 Å². The largest absolute Gasteiger partial charge is 0.316 e. The minimum atomic E-state index is 0.766. The Hall–Kier alpha value is -0.200. The minimum Gasteiger partial charge on any atom is -0.316 e. The summed E-state index contributed by atoms with van der Waals surface area (Å²) in [6, 6.07) is 7.66. The molecule has 9 rings (SSSR count). The van der Waals surface area contributed by atoms with Crippen molar-refractivity contribution in [2.45, 2.75) is 208 Å². The first kappa shape index (κ1) is 31.8. The number of fused-ring (bicyclic) bond motifs is 6. The average molecular weight is 634 g/mol. The van der Waals surface area contributed by atoms with Gasteiger partial charge in [-0.2, -0.15) is 0 Å². The molecule has 4 heterocycles. The summed E-state index contributed by atoms with van der Waals surface area (Å²) in [5.41, 5.74) is 0. The van der Waals surface area contributed by atoms with Crippen LogP contribution in [0, 0.1) is 29.6 Å². The van der Waals surface area contributed by atoms with Gasteiger partial charge in [-0.3, -0.25) is 9.80 Å². The Bertz CT molecular complexity index is 965. The van der Waals surface area contributed by atoms with Crippen molar-refractivity contribution in [3.05, 3.63) is 0 Å². The molecule has 0 aromatic carbocycles. The molecule has 4 saturated heterocycles. The molecule has 0 spiro atoms. The summed E-state index contributed by atoms with van der Waals surface area (Å²) in [5.74, 6) is 4.69. The van der Waals surface area contributed by atoms with E-state index in [4.69, 9.17) is 0 Å². The summed E-state index contributed by atoms with van der Waals surface area (Å²) in [4.78, 5) is 6.50. The second kappa shape index (κ2) is 14.2. The van der Waals surface area contributed by atoms with Gasteiger partial charge in [0.2, 0.25) is 0 Å². The van der Waals surface area contributed by atoms with Gasteiger partial charge in [-0.1, -0.05) is 38.5 Å². The van der Waals surface area contributed by atoms with Gasteiger partial charge in [0, 0.05) is 54.4 Å². The van der Waals surface area contributed by atoms with Gasteiger partial charge in [0.15, 0.2) is 0 Å². The third-order valence-electron chi connectivity index (χ3n) is 16.5. The van der Waals surface area contributed by atoms with E-state index < -0.39 is 0 Å². The fourth-order valence-corrected chi connectivity index (χ4v) is 14.5. The first-order chi connectivity index (χ1) is 22.8. The molecule has 5 heteroatoms. The Kier molecular flexibility index (Phi) is 9.80. The molecule has 4 aliphatic heterocycles. The SMILES string of the molecule is C1CCC(N(C2CCCCC2)C2CCC3C(C2)C2CNCCC2N3C2CCC(C3CCC4CCC5CCCNC5C4N3)CC2)CC1. The van der Waals surface area contributed by atoms with Crippen molar-refractivity contribution >= 4 is 0 Å². The number of hydrogen-bond donors (Lipinski definition) is 3. The number of rotatable bonds is 5. The van der Waals surface area contributed by atoms with Crippen LogP contribution in [0.5, 0.6) is 0 Å². The van der Waals surface area contributed by atoms with Crippen LogP contribution in [0.15, 0.2) is 0 Å². The van der Waals surface area contributed by atoms with E-state index in [0.717, 1.165) is 84.0 Å². The highest BCUT2D eigenvalue weighted by Crippen LogP contribution is 2.51. The molecular formula is C41H71N5. The number of nitrogens with one attached hydrogen (secondary N) is 3. The summed E-state index contributed by atoms with van der Waals surface area (Å²) in [6.45, 7) is 3.83. The second-order valence-corrected chi connectivity index (χ2v) is 18.6. The monoisotopic (exact) mass is 634 g/mol. The van der Waals surface area contributed by atoms with Crippen LogP contribution in [-0.2, 0) is 0 Å². The van der Waals surface area contributed by atoms with E-state index in [-0.39, 0.29) is 0 Å². The summed E-state index contributed by atoms with van der Waals surface area (Å²) < 4.78 is 0. The molecular weight excluding hydrogens is 562 g/mol. The highest BCUT2D eigenvalue weighted by molar-refractivity contribution is 5.10. The van der Waals surface area contributed by atoms with E-state index in [9.17, 15) is 0 Å². The number of nitrogens with zero attached hydrogens (tertiary/aromatic N) is 2. The lowest BCUT2D eigenvalue weighted by Gasteiger charge is -2.52. The van der Waals surface area contributed by atoms with Crippen molar-refractivity contribution in [3.63, 3.8) is 0 Å². The summed E-state index contributed by atoms with van der Waals surface area (Å²) >= 11 is 0. The molecule has 260 valence electrons. The second-order valence-electron chi connectivity index (χ2n) is 18.6. The number of piperidine rings is 3. The molecule has 0 amide bonds. The Morgan fingerprint density at radius 2 is 1.15 bits per heavy atom. The molecule has 10 unspecified atom stereocenters. The summed E-state index contributed by atoms with van der Waals surface area (Å²) in [6.07, 6.45) is 35.7. The highest BCUT2D eigenvalue weighted by Gasteiger charge is 2.55. The predicted octanol–water partition coefficient (Wildman–Crippen LogP) is 7.24. The standard InChI is InChI=1S/C41H71N5/c1-3-9-31(10-4-1)45(32-11-5-2-6-12-32)34-20-22-38-35(26-34)36-27-42-25-23-39(36)46(38)33-18-15-28(16-19-33)37-21-17-30-14-13-29-8-7-24-43-40(29)41(30)44-37/h28-44H,1-27H2. The quantitative estimate of drug-likeness (QED) is 0.298. The van der Waals surface area contributed by atoms with Crippen LogP contribution in [0.1, 0.15) is 154 Å². The van der Waals surface area contributed by atoms with Crippen molar-refractivity contribution in [1.29, 1.82) is 0 Å². The topological polar surface area (TPSA) is 42.6 Å². The van der Waals surface area contributed by atoms with Crippen molar-refractivity contribution < 1.29 is 0 Å². The molecule has 0 radical (unpaired) electrons. The molecule has 3 N–H and O–H groups in total. The smallest absolute Gasteiger partial charge is 0.0254 e. The average Bonchev–Trinajstić information content (AvgIpc) is 3.46. The fourth-order valence-electron chi connectivity index (χ4n) is 14.5. The van der Waals surface area contributed by atoms with E-state index in [1.165, 1.54) is 174 Å². The van der Waals surface area contributed by atoms with Crippen LogP contribution in [0.2, 0.25) is 0 Å². The first-order valence-electron chi connectivity index (χ1n) is 21.6. The van der Waals surface area contributed by atoms with E-state index in [1.807, 2.05) is 0 Å². The Balaban J connectivity index is 0.863. The lowest BCUT2D eigenvalue weighted by atomic mass is 9.66. The van der Waals surface area contributed by atoms with Crippen LogP contribution < -0.4 is 16.0 Å².